The van der Waals surface area contributed by atoms with Gasteiger partial charge in [0.1, 0.15) is 11.3 Å². The molecule has 1 aromatic heterocycles. The Morgan fingerprint density at radius 3 is 2.62 bits per heavy atom. The molecule has 0 radical (unpaired) electrons. The molecular weight excluding hydrogens is 370 g/mol. The Morgan fingerprint density at radius 1 is 1.17 bits per heavy atom. The number of hydrogen-bond donors (Lipinski definition) is 1. The van der Waals surface area contributed by atoms with Crippen LogP contribution in [0.2, 0.25) is 0 Å². The number of carbonyl (C=O) groups is 1. The molecule has 6 heteroatoms. The zero-order valence-corrected chi connectivity index (χ0v) is 17.4. The van der Waals surface area contributed by atoms with E-state index in [0.717, 1.165) is 67.0 Å². The van der Waals surface area contributed by atoms with Gasteiger partial charge < -0.3 is 19.2 Å². The number of hydrogen-bond acceptors (Lipinski definition) is 5. The van der Waals surface area contributed by atoms with Gasteiger partial charge in [0.2, 0.25) is 0 Å². The summed E-state index contributed by atoms with van der Waals surface area (Å²) in [5.41, 5.74) is 2.99. The summed E-state index contributed by atoms with van der Waals surface area (Å²) in [6, 6.07) is 3.99. The van der Waals surface area contributed by atoms with Crippen LogP contribution in [0.3, 0.4) is 0 Å². The third-order valence-corrected chi connectivity index (χ3v) is 6.37. The second kappa shape index (κ2) is 8.19. The summed E-state index contributed by atoms with van der Waals surface area (Å²) < 4.78 is 17.0. The van der Waals surface area contributed by atoms with Gasteiger partial charge in [-0.1, -0.05) is 0 Å². The van der Waals surface area contributed by atoms with E-state index in [2.05, 4.69) is 5.32 Å². The monoisotopic (exact) mass is 399 g/mol. The van der Waals surface area contributed by atoms with Gasteiger partial charge in [0.05, 0.1) is 6.10 Å². The van der Waals surface area contributed by atoms with Crippen molar-refractivity contribution < 1.29 is 18.7 Å². The number of benzene rings is 1. The van der Waals surface area contributed by atoms with E-state index in [0.29, 0.717) is 17.4 Å². The molecule has 6 nitrogen and oxygen atoms in total. The smallest absolute Gasteiger partial charge is 0.339 e. The summed E-state index contributed by atoms with van der Waals surface area (Å²) in [6.07, 6.45) is 6.11. The van der Waals surface area contributed by atoms with Gasteiger partial charge in [-0.05, 0) is 76.5 Å². The van der Waals surface area contributed by atoms with E-state index in [1.807, 2.05) is 19.1 Å². The number of fused-ring (bicyclic) bond motifs is 3. The molecule has 2 aliphatic carbocycles. The Kier molecular flexibility index (Phi) is 5.63. The SMILES string of the molecule is COC1CCC(NC(=O)C(C)Oc2ccc3c4c(c(=O)oc3c2C)CCC4)CC1. The number of aryl methyl sites for hydroxylation is 2. The third kappa shape index (κ3) is 3.90. The van der Waals surface area contributed by atoms with Gasteiger partial charge in [-0.3, -0.25) is 4.79 Å². The van der Waals surface area contributed by atoms with Crippen LogP contribution in [0.5, 0.6) is 5.75 Å². The van der Waals surface area contributed by atoms with Crippen LogP contribution in [-0.4, -0.2) is 31.3 Å². The molecule has 1 unspecified atom stereocenters. The minimum Gasteiger partial charge on any atom is -0.480 e. The van der Waals surface area contributed by atoms with E-state index >= 15 is 0 Å². The maximum atomic E-state index is 12.6. The van der Waals surface area contributed by atoms with E-state index in [1.165, 1.54) is 0 Å². The largest absolute Gasteiger partial charge is 0.480 e. The fourth-order valence-electron chi connectivity index (χ4n) is 4.60. The number of methoxy groups -OCH3 is 1. The minimum absolute atomic E-state index is 0.124. The molecular formula is C23H29NO5. The molecule has 156 valence electrons. The summed E-state index contributed by atoms with van der Waals surface area (Å²) in [4.78, 5) is 24.9. The Morgan fingerprint density at radius 2 is 1.90 bits per heavy atom. The molecule has 1 N–H and O–H groups in total. The van der Waals surface area contributed by atoms with E-state index in [1.54, 1.807) is 14.0 Å². The molecule has 0 aliphatic heterocycles. The summed E-state index contributed by atoms with van der Waals surface area (Å²) >= 11 is 0. The minimum atomic E-state index is -0.632. The Bertz CT molecular complexity index is 971. The normalized spacial score (nSPS) is 22.3. The van der Waals surface area contributed by atoms with Crippen molar-refractivity contribution in [1.29, 1.82) is 0 Å². The molecule has 29 heavy (non-hydrogen) atoms. The van der Waals surface area contributed by atoms with Gasteiger partial charge in [0.15, 0.2) is 6.10 Å². The predicted molar refractivity (Wildman–Crippen MR) is 111 cm³/mol. The van der Waals surface area contributed by atoms with Gasteiger partial charge in [0.25, 0.3) is 5.91 Å². The van der Waals surface area contributed by atoms with Crippen LogP contribution in [0.15, 0.2) is 21.3 Å². The molecule has 1 atom stereocenters. The molecule has 1 heterocycles. The van der Waals surface area contributed by atoms with Gasteiger partial charge in [-0.2, -0.15) is 0 Å². The Hall–Kier alpha value is -2.34. The first-order chi connectivity index (χ1) is 14.0. The maximum absolute atomic E-state index is 12.6. The average Bonchev–Trinajstić information content (AvgIpc) is 3.22. The van der Waals surface area contributed by atoms with E-state index < -0.39 is 6.10 Å². The highest BCUT2D eigenvalue weighted by atomic mass is 16.5. The summed E-state index contributed by atoms with van der Waals surface area (Å²) in [5, 5.41) is 4.07. The number of carbonyl (C=O) groups excluding carboxylic acids is 1. The molecule has 1 fully saturated rings. The first kappa shape index (κ1) is 20.0. The highest BCUT2D eigenvalue weighted by molar-refractivity contribution is 5.86. The number of rotatable bonds is 5. The molecule has 2 aliphatic rings. The van der Waals surface area contributed by atoms with Crippen molar-refractivity contribution in [3.63, 3.8) is 0 Å². The third-order valence-electron chi connectivity index (χ3n) is 6.37. The average molecular weight is 399 g/mol. The van der Waals surface area contributed by atoms with Crippen molar-refractivity contribution in [3.8, 4) is 5.75 Å². The van der Waals surface area contributed by atoms with Gasteiger partial charge in [-0.15, -0.1) is 0 Å². The quantitative estimate of drug-likeness (QED) is 0.780. The molecule has 2 aromatic rings. The molecule has 0 saturated heterocycles. The lowest BCUT2D eigenvalue weighted by atomic mass is 9.93. The molecule has 1 aromatic carbocycles. The van der Waals surface area contributed by atoms with E-state index in [-0.39, 0.29) is 17.6 Å². The van der Waals surface area contributed by atoms with Crippen LogP contribution in [0.25, 0.3) is 11.0 Å². The van der Waals surface area contributed by atoms with E-state index in [4.69, 9.17) is 13.9 Å². The second-order valence-electron chi connectivity index (χ2n) is 8.24. The zero-order valence-electron chi connectivity index (χ0n) is 17.4. The second-order valence-corrected chi connectivity index (χ2v) is 8.24. The number of amides is 1. The van der Waals surface area contributed by atoms with Crippen molar-refractivity contribution >= 4 is 16.9 Å². The highest BCUT2D eigenvalue weighted by Gasteiger charge is 2.26. The van der Waals surface area contributed by atoms with Crippen LogP contribution in [0, 0.1) is 6.92 Å². The summed E-state index contributed by atoms with van der Waals surface area (Å²) in [7, 11) is 1.74. The van der Waals surface area contributed by atoms with Crippen molar-refractivity contribution in [1.82, 2.24) is 5.32 Å². The van der Waals surface area contributed by atoms with Gasteiger partial charge >= 0.3 is 5.63 Å². The Balaban J connectivity index is 1.47. The lowest BCUT2D eigenvalue weighted by Crippen LogP contribution is -2.44. The molecule has 1 saturated carbocycles. The number of ether oxygens (including phenoxy) is 2. The van der Waals surface area contributed by atoms with Crippen molar-refractivity contribution in [3.05, 3.63) is 39.2 Å². The Labute approximate surface area is 170 Å². The van der Waals surface area contributed by atoms with E-state index in [9.17, 15) is 9.59 Å². The van der Waals surface area contributed by atoms with Gasteiger partial charge in [-0.25, -0.2) is 4.79 Å². The molecule has 1 amide bonds. The molecule has 0 spiro atoms. The molecule has 0 bridgehead atoms. The van der Waals surface area contributed by atoms with Crippen LogP contribution < -0.4 is 15.7 Å². The van der Waals surface area contributed by atoms with Crippen molar-refractivity contribution in [2.24, 2.45) is 0 Å². The van der Waals surface area contributed by atoms with Crippen LogP contribution in [-0.2, 0) is 22.4 Å². The first-order valence-electron chi connectivity index (χ1n) is 10.6. The summed E-state index contributed by atoms with van der Waals surface area (Å²) in [6.45, 7) is 3.62. The van der Waals surface area contributed by atoms with Crippen LogP contribution >= 0.6 is 0 Å². The van der Waals surface area contributed by atoms with Crippen molar-refractivity contribution in [2.45, 2.75) is 77.0 Å². The fraction of sp³-hybridized carbons (Fsp3) is 0.565. The van der Waals surface area contributed by atoms with Crippen LogP contribution in [0.1, 0.15) is 55.7 Å². The van der Waals surface area contributed by atoms with Crippen LogP contribution in [0.4, 0.5) is 0 Å². The summed E-state index contributed by atoms with van der Waals surface area (Å²) in [5.74, 6) is 0.449. The zero-order chi connectivity index (χ0) is 20.5. The topological polar surface area (TPSA) is 77.8 Å². The molecule has 4 rings (SSSR count). The lowest BCUT2D eigenvalue weighted by Gasteiger charge is -2.29. The number of nitrogens with one attached hydrogen (secondary N) is 1. The first-order valence-corrected chi connectivity index (χ1v) is 10.6. The fourth-order valence-corrected chi connectivity index (χ4v) is 4.60. The van der Waals surface area contributed by atoms with Gasteiger partial charge in [0, 0.05) is 29.7 Å². The standard InChI is InChI=1S/C23H29NO5/c1-13-20(12-11-18-17-5-4-6-19(17)23(26)29-21(13)18)28-14(2)22(25)24-15-7-9-16(27-3)10-8-15/h11-12,14-16H,4-10H2,1-3H3,(H,24,25). The predicted octanol–water partition coefficient (Wildman–Crippen LogP) is 3.43. The van der Waals surface area contributed by atoms with Crippen molar-refractivity contribution in [2.75, 3.05) is 7.11 Å². The lowest BCUT2D eigenvalue weighted by molar-refractivity contribution is -0.128. The maximum Gasteiger partial charge on any atom is 0.339 e. The highest BCUT2D eigenvalue weighted by Crippen LogP contribution is 2.33.